The van der Waals surface area contributed by atoms with E-state index in [0.717, 1.165) is 28.7 Å². The first kappa shape index (κ1) is 45.4. The van der Waals surface area contributed by atoms with Crippen molar-refractivity contribution in [3.8, 4) is 16.9 Å². The van der Waals surface area contributed by atoms with Gasteiger partial charge in [-0.2, -0.15) is 0 Å². The fraction of sp³-hybridized carbons (Fsp3) is 0.349. The first-order chi connectivity index (χ1) is 25.7. The van der Waals surface area contributed by atoms with Crippen LogP contribution in [0.25, 0.3) is 11.1 Å². The van der Waals surface area contributed by atoms with Gasteiger partial charge in [-0.3, -0.25) is 19.9 Å². The molecule has 4 rings (SSSR count). The Morgan fingerprint density at radius 1 is 0.889 bits per heavy atom. The molecule has 0 bridgehead atoms. The van der Waals surface area contributed by atoms with Crippen LogP contribution in [0.4, 0.5) is 18.9 Å². The van der Waals surface area contributed by atoms with Gasteiger partial charge >= 0.3 is 12.3 Å². The van der Waals surface area contributed by atoms with Gasteiger partial charge in [0.25, 0.3) is 5.91 Å². The Morgan fingerprint density at radius 3 is 2.00 bits per heavy atom. The number of aliphatic carboxylic acids is 1. The lowest BCUT2D eigenvalue weighted by molar-refractivity contribution is -0.274. The molecule has 7 nitrogen and oxygen atoms in total. The summed E-state index contributed by atoms with van der Waals surface area (Å²) in [6, 6.07) is 25.8. The van der Waals surface area contributed by atoms with E-state index in [1.54, 1.807) is 24.3 Å². The summed E-state index contributed by atoms with van der Waals surface area (Å²) < 4.78 is 42.5. The molecule has 3 N–H and O–H groups in total. The second kappa shape index (κ2) is 23.1. The van der Waals surface area contributed by atoms with Crippen molar-refractivity contribution in [1.29, 1.82) is 0 Å². The van der Waals surface area contributed by atoms with E-state index in [2.05, 4.69) is 42.4 Å². The minimum absolute atomic E-state index is 0.00426. The number of carboxylic acids is 1. The molecule has 0 radical (unpaired) electrons. The van der Waals surface area contributed by atoms with Crippen molar-refractivity contribution in [3.05, 3.63) is 130 Å². The SMILES string of the molecule is CC.CCC=C(C)C.CCCC(c1ccc(C(=O)NCCC(=O)O)cc1)C(ONc1ccc(-c2ccc(Cl)cc2C)cc1)c1ccc(OC(F)(F)F)cc1. The number of aryl methyl sites for hydroxylation is 1. The molecule has 1 amide bonds. The topological polar surface area (TPSA) is 96.9 Å². The Hall–Kier alpha value is -4.80. The van der Waals surface area contributed by atoms with Gasteiger partial charge in [0.15, 0.2) is 0 Å². The molecular weight excluding hydrogens is 717 g/mol. The Labute approximate surface area is 322 Å². The number of ether oxygens (including phenoxy) is 1. The van der Waals surface area contributed by atoms with Crippen LogP contribution in [0.3, 0.4) is 0 Å². The number of benzene rings is 4. The summed E-state index contributed by atoms with van der Waals surface area (Å²) in [4.78, 5) is 29.6. The lowest BCUT2D eigenvalue weighted by atomic mass is 9.85. The van der Waals surface area contributed by atoms with E-state index in [1.807, 2.05) is 70.2 Å². The maximum Gasteiger partial charge on any atom is 0.573 e. The average molecular weight is 769 g/mol. The molecule has 4 aromatic carbocycles. The lowest BCUT2D eigenvalue weighted by Gasteiger charge is -2.28. The second-order valence-electron chi connectivity index (χ2n) is 12.4. The van der Waals surface area contributed by atoms with E-state index in [0.29, 0.717) is 28.3 Å². The van der Waals surface area contributed by atoms with Crippen molar-refractivity contribution in [2.24, 2.45) is 0 Å². The van der Waals surface area contributed by atoms with Crippen molar-refractivity contribution in [2.75, 3.05) is 12.0 Å². The molecule has 2 atom stereocenters. The van der Waals surface area contributed by atoms with Gasteiger partial charge in [0, 0.05) is 23.0 Å². The Bertz CT molecular complexity index is 1760. The minimum Gasteiger partial charge on any atom is -0.481 e. The average Bonchev–Trinajstić information content (AvgIpc) is 3.12. The number of carboxylic acid groups (broad SMARTS) is 1. The number of amides is 1. The molecule has 54 heavy (non-hydrogen) atoms. The summed E-state index contributed by atoms with van der Waals surface area (Å²) in [5.41, 5.74) is 10.0. The van der Waals surface area contributed by atoms with E-state index >= 15 is 0 Å². The molecule has 0 fully saturated rings. The molecule has 11 heteroatoms. The van der Waals surface area contributed by atoms with Crippen molar-refractivity contribution in [3.63, 3.8) is 0 Å². The normalized spacial score (nSPS) is 11.8. The van der Waals surface area contributed by atoms with Crippen molar-refractivity contribution in [1.82, 2.24) is 5.32 Å². The van der Waals surface area contributed by atoms with E-state index in [4.69, 9.17) is 21.5 Å². The highest BCUT2D eigenvalue weighted by Gasteiger charge is 2.32. The van der Waals surface area contributed by atoms with Crippen LogP contribution in [0.1, 0.15) is 106 Å². The molecule has 0 aliphatic carbocycles. The molecule has 0 aliphatic heterocycles. The van der Waals surface area contributed by atoms with Gasteiger partial charge in [-0.05, 0) is 110 Å². The number of alkyl halides is 3. The van der Waals surface area contributed by atoms with E-state index in [9.17, 15) is 22.8 Å². The Kier molecular flexibility index (Phi) is 19.4. The summed E-state index contributed by atoms with van der Waals surface area (Å²) in [5, 5.41) is 12.1. The van der Waals surface area contributed by atoms with Gasteiger partial charge in [-0.15, -0.1) is 13.2 Å². The number of carbonyl (C=O) groups excluding carboxylic acids is 1. The Balaban J connectivity index is 0.00000115. The fourth-order valence-electron chi connectivity index (χ4n) is 5.52. The van der Waals surface area contributed by atoms with Gasteiger partial charge in [-0.25, -0.2) is 0 Å². The van der Waals surface area contributed by atoms with E-state index in [1.165, 1.54) is 36.3 Å². The molecule has 0 spiro atoms. The zero-order chi connectivity index (χ0) is 40.3. The fourth-order valence-corrected chi connectivity index (χ4v) is 5.75. The molecular formula is C43H52ClF3N2O5. The smallest absolute Gasteiger partial charge is 0.481 e. The van der Waals surface area contributed by atoms with Gasteiger partial charge in [0.2, 0.25) is 0 Å². The first-order valence-electron chi connectivity index (χ1n) is 18.1. The zero-order valence-electron chi connectivity index (χ0n) is 32.0. The van der Waals surface area contributed by atoms with Crippen LogP contribution in [0.5, 0.6) is 5.75 Å². The summed E-state index contributed by atoms with van der Waals surface area (Å²) >= 11 is 6.11. The number of hydrogen-bond acceptors (Lipinski definition) is 5. The van der Waals surface area contributed by atoms with Crippen LogP contribution in [0.15, 0.2) is 103 Å². The third-order valence-corrected chi connectivity index (χ3v) is 8.17. The number of carbonyl (C=O) groups is 2. The van der Waals surface area contributed by atoms with Crippen LogP contribution in [0.2, 0.25) is 5.02 Å². The highest BCUT2D eigenvalue weighted by Crippen LogP contribution is 2.39. The number of halogens is 4. The number of hydrogen-bond donors (Lipinski definition) is 3. The monoisotopic (exact) mass is 768 g/mol. The molecule has 0 heterocycles. The van der Waals surface area contributed by atoms with Crippen LogP contribution in [-0.4, -0.2) is 29.9 Å². The lowest BCUT2D eigenvalue weighted by Crippen LogP contribution is -2.26. The maximum absolute atomic E-state index is 12.8. The highest BCUT2D eigenvalue weighted by atomic mass is 35.5. The van der Waals surface area contributed by atoms with Crippen molar-refractivity contribution < 1.29 is 37.4 Å². The first-order valence-corrected chi connectivity index (χ1v) is 18.5. The molecule has 2 unspecified atom stereocenters. The molecule has 0 aromatic heterocycles. The molecule has 0 saturated heterocycles. The maximum atomic E-state index is 12.8. The second-order valence-corrected chi connectivity index (χ2v) is 12.8. The number of rotatable bonds is 15. The highest BCUT2D eigenvalue weighted by molar-refractivity contribution is 6.30. The third-order valence-electron chi connectivity index (χ3n) is 7.93. The van der Waals surface area contributed by atoms with Crippen molar-refractivity contribution >= 4 is 29.2 Å². The van der Waals surface area contributed by atoms with Gasteiger partial charge in [0.1, 0.15) is 11.9 Å². The zero-order valence-corrected chi connectivity index (χ0v) is 32.8. The molecule has 0 saturated carbocycles. The summed E-state index contributed by atoms with van der Waals surface area (Å²) in [7, 11) is 0. The standard InChI is InChI=1S/C35H34ClF3N2O5.C6H12.C2H6/c1-3-4-31(24-5-7-26(8-6-24)34(44)40-20-19-32(42)43)33(25-11-16-29(17-12-25)45-35(37,38)39)46-41-28-14-9-23(10-15-28)30-18-13-27(36)21-22(30)2;1-4-5-6(2)3;1-2/h5-18,21,31,33,41H,3-4,19-20H2,1-2H3,(H,40,44)(H,42,43);5H,4H2,1-3H3;1-2H3. The van der Waals surface area contributed by atoms with Gasteiger partial charge in [0.05, 0.1) is 12.1 Å². The summed E-state index contributed by atoms with van der Waals surface area (Å²) in [6.45, 7) is 14.4. The largest absolute Gasteiger partial charge is 0.573 e. The Morgan fingerprint density at radius 2 is 1.50 bits per heavy atom. The van der Waals surface area contributed by atoms with E-state index < -0.39 is 24.3 Å². The quantitative estimate of drug-likeness (QED) is 0.0823. The van der Waals surface area contributed by atoms with Gasteiger partial charge in [-0.1, -0.05) is 99.8 Å². The number of anilines is 1. The van der Waals surface area contributed by atoms with E-state index in [-0.39, 0.29) is 24.6 Å². The van der Waals surface area contributed by atoms with Crippen LogP contribution in [-0.2, 0) is 9.63 Å². The molecule has 292 valence electrons. The van der Waals surface area contributed by atoms with Gasteiger partial charge < -0.3 is 15.2 Å². The predicted molar refractivity (Wildman–Crippen MR) is 212 cm³/mol. The number of nitrogens with one attached hydrogen (secondary N) is 2. The third kappa shape index (κ3) is 15.7. The van der Waals surface area contributed by atoms with Crippen LogP contribution in [0, 0.1) is 6.92 Å². The van der Waals surface area contributed by atoms with Crippen LogP contribution >= 0.6 is 11.6 Å². The summed E-state index contributed by atoms with van der Waals surface area (Å²) in [6.07, 6.45) is -0.846. The molecule has 4 aromatic rings. The van der Waals surface area contributed by atoms with Crippen molar-refractivity contribution in [2.45, 2.75) is 92.5 Å². The minimum atomic E-state index is -4.82. The number of allylic oxidation sites excluding steroid dienone is 2. The van der Waals surface area contributed by atoms with Crippen LogP contribution < -0.4 is 15.5 Å². The molecule has 0 aliphatic rings. The summed E-state index contributed by atoms with van der Waals surface area (Å²) in [5.74, 6) is -2.01. The predicted octanol–water partition coefficient (Wildman–Crippen LogP) is 12.5.